The lowest BCUT2D eigenvalue weighted by molar-refractivity contribution is -0.119. The van der Waals surface area contributed by atoms with Crippen LogP contribution in [-0.4, -0.2) is 46.4 Å². The van der Waals surface area contributed by atoms with Crippen molar-refractivity contribution in [2.24, 2.45) is 5.73 Å². The molecule has 3 aromatic rings. The van der Waals surface area contributed by atoms with Crippen molar-refractivity contribution < 1.29 is 14.3 Å². The number of aromatic amines is 1. The SMILES string of the molecule is NC(=O)COc1cccc(C(=O)N2CCC(c3nc4ccccc4[nH]3)CC2)c1. The number of imidazole rings is 1. The van der Waals surface area contributed by atoms with Gasteiger partial charge in [-0.1, -0.05) is 18.2 Å². The fourth-order valence-corrected chi connectivity index (χ4v) is 3.58. The van der Waals surface area contributed by atoms with Gasteiger partial charge in [-0.3, -0.25) is 9.59 Å². The minimum atomic E-state index is -0.551. The number of ether oxygens (including phenoxy) is 1. The van der Waals surface area contributed by atoms with E-state index >= 15 is 0 Å². The number of benzene rings is 2. The first kappa shape index (κ1) is 18.0. The van der Waals surface area contributed by atoms with Gasteiger partial charge in [0.2, 0.25) is 0 Å². The second kappa shape index (κ2) is 7.72. The summed E-state index contributed by atoms with van der Waals surface area (Å²) in [6.45, 7) is 1.14. The largest absolute Gasteiger partial charge is 0.484 e. The van der Waals surface area contributed by atoms with Crippen LogP contribution in [0.5, 0.6) is 5.75 Å². The number of rotatable bonds is 5. The quantitative estimate of drug-likeness (QED) is 0.712. The lowest BCUT2D eigenvalue weighted by atomic mass is 9.95. The molecule has 7 heteroatoms. The van der Waals surface area contributed by atoms with Crippen molar-refractivity contribution in [2.45, 2.75) is 18.8 Å². The second-order valence-electron chi connectivity index (χ2n) is 6.99. The number of amides is 2. The number of hydrogen-bond donors (Lipinski definition) is 2. The van der Waals surface area contributed by atoms with Crippen LogP contribution in [0.1, 0.15) is 34.9 Å². The molecular weight excluding hydrogens is 356 g/mol. The summed E-state index contributed by atoms with van der Waals surface area (Å²) in [5, 5.41) is 0. The van der Waals surface area contributed by atoms with Crippen LogP contribution in [0.25, 0.3) is 11.0 Å². The molecule has 3 N–H and O–H groups in total. The summed E-state index contributed by atoms with van der Waals surface area (Å²) in [5.74, 6) is 1.19. The van der Waals surface area contributed by atoms with Gasteiger partial charge in [-0.2, -0.15) is 0 Å². The van der Waals surface area contributed by atoms with E-state index in [9.17, 15) is 9.59 Å². The topological polar surface area (TPSA) is 101 Å². The smallest absolute Gasteiger partial charge is 0.255 e. The second-order valence-corrected chi connectivity index (χ2v) is 6.99. The zero-order chi connectivity index (χ0) is 19.5. The van der Waals surface area contributed by atoms with Gasteiger partial charge >= 0.3 is 0 Å². The first-order valence-electron chi connectivity index (χ1n) is 9.35. The van der Waals surface area contributed by atoms with Crippen LogP contribution in [0.4, 0.5) is 0 Å². The minimum Gasteiger partial charge on any atom is -0.484 e. The van der Waals surface area contributed by atoms with Gasteiger partial charge in [-0.25, -0.2) is 4.98 Å². The van der Waals surface area contributed by atoms with Gasteiger partial charge in [0.25, 0.3) is 11.8 Å². The van der Waals surface area contributed by atoms with E-state index in [-0.39, 0.29) is 12.5 Å². The van der Waals surface area contributed by atoms with E-state index in [0.29, 0.717) is 30.3 Å². The predicted molar refractivity (Wildman–Crippen MR) is 105 cm³/mol. The number of H-pyrrole nitrogens is 1. The lowest BCUT2D eigenvalue weighted by Crippen LogP contribution is -2.38. The van der Waals surface area contributed by atoms with Crippen molar-refractivity contribution in [3.05, 3.63) is 59.9 Å². The third-order valence-corrected chi connectivity index (χ3v) is 5.04. The predicted octanol–water partition coefficient (Wildman–Crippen LogP) is 2.45. The van der Waals surface area contributed by atoms with E-state index in [1.54, 1.807) is 24.3 Å². The number of carbonyl (C=O) groups is 2. The maximum Gasteiger partial charge on any atom is 0.255 e. The zero-order valence-electron chi connectivity index (χ0n) is 15.4. The molecular formula is C21H22N4O3. The van der Waals surface area contributed by atoms with E-state index in [0.717, 1.165) is 29.7 Å². The number of likely N-dealkylation sites (tertiary alicyclic amines) is 1. The first-order chi connectivity index (χ1) is 13.6. The van der Waals surface area contributed by atoms with Gasteiger partial charge in [0.05, 0.1) is 11.0 Å². The Morgan fingerprint density at radius 1 is 1.14 bits per heavy atom. The summed E-state index contributed by atoms with van der Waals surface area (Å²) in [6.07, 6.45) is 1.73. The number of nitrogens with zero attached hydrogens (tertiary/aromatic N) is 2. The third kappa shape index (κ3) is 3.83. The van der Waals surface area contributed by atoms with Gasteiger partial charge in [-0.15, -0.1) is 0 Å². The number of hydrogen-bond acceptors (Lipinski definition) is 4. The lowest BCUT2D eigenvalue weighted by Gasteiger charge is -2.31. The Labute approximate surface area is 162 Å². The molecule has 1 aliphatic rings. The van der Waals surface area contributed by atoms with E-state index in [4.69, 9.17) is 15.5 Å². The molecule has 1 fully saturated rings. The third-order valence-electron chi connectivity index (χ3n) is 5.04. The van der Waals surface area contributed by atoms with Gasteiger partial charge in [0, 0.05) is 24.6 Å². The van der Waals surface area contributed by atoms with Crippen LogP contribution in [0.3, 0.4) is 0 Å². The Hall–Kier alpha value is -3.35. The Balaban J connectivity index is 1.40. The van der Waals surface area contributed by atoms with Crippen LogP contribution < -0.4 is 10.5 Å². The number of piperidine rings is 1. The van der Waals surface area contributed by atoms with Gasteiger partial charge in [0.1, 0.15) is 11.6 Å². The van der Waals surface area contributed by atoms with E-state index in [1.165, 1.54) is 0 Å². The normalized spacial score (nSPS) is 14.9. The average molecular weight is 378 g/mol. The van der Waals surface area contributed by atoms with Crippen LogP contribution in [0, 0.1) is 0 Å². The summed E-state index contributed by atoms with van der Waals surface area (Å²) in [7, 11) is 0. The fraction of sp³-hybridized carbons (Fsp3) is 0.286. The molecule has 1 saturated heterocycles. The molecule has 7 nitrogen and oxygen atoms in total. The molecule has 0 bridgehead atoms. The Morgan fingerprint density at radius 3 is 2.68 bits per heavy atom. The molecule has 1 aromatic heterocycles. The van der Waals surface area contributed by atoms with Gasteiger partial charge in [-0.05, 0) is 43.2 Å². The molecule has 144 valence electrons. The summed E-state index contributed by atoms with van der Waals surface area (Å²) in [5.41, 5.74) is 7.66. The molecule has 0 unspecified atom stereocenters. The number of aromatic nitrogens is 2. The molecule has 0 spiro atoms. The average Bonchev–Trinajstić information content (AvgIpc) is 3.16. The molecule has 2 heterocycles. The van der Waals surface area contributed by atoms with E-state index < -0.39 is 5.91 Å². The summed E-state index contributed by atoms with van der Waals surface area (Å²) in [4.78, 5) is 33.6. The number of primary amides is 1. The minimum absolute atomic E-state index is 0.0346. The molecule has 28 heavy (non-hydrogen) atoms. The monoisotopic (exact) mass is 378 g/mol. The highest BCUT2D eigenvalue weighted by Gasteiger charge is 2.26. The molecule has 0 radical (unpaired) electrons. The molecule has 1 aliphatic heterocycles. The van der Waals surface area contributed by atoms with Crippen molar-refractivity contribution in [3.8, 4) is 5.75 Å². The Kier molecular flexibility index (Phi) is 4.97. The van der Waals surface area contributed by atoms with Gasteiger partial charge < -0.3 is 20.4 Å². The molecule has 2 aromatic carbocycles. The highest BCUT2D eigenvalue weighted by atomic mass is 16.5. The maximum absolute atomic E-state index is 12.8. The van der Waals surface area contributed by atoms with Crippen molar-refractivity contribution in [2.75, 3.05) is 19.7 Å². The molecule has 0 saturated carbocycles. The highest BCUT2D eigenvalue weighted by Crippen LogP contribution is 2.28. The highest BCUT2D eigenvalue weighted by molar-refractivity contribution is 5.94. The number of para-hydroxylation sites is 2. The molecule has 2 amide bonds. The molecule has 0 atom stereocenters. The number of carbonyl (C=O) groups excluding carboxylic acids is 2. The standard InChI is InChI=1S/C21H22N4O3/c22-19(26)13-28-16-5-3-4-15(12-16)21(27)25-10-8-14(9-11-25)20-23-17-6-1-2-7-18(17)24-20/h1-7,12,14H,8-11,13H2,(H2,22,26)(H,23,24). The Morgan fingerprint density at radius 2 is 1.93 bits per heavy atom. The number of fused-ring (bicyclic) bond motifs is 1. The molecule has 4 rings (SSSR count). The van der Waals surface area contributed by atoms with Crippen molar-refractivity contribution in [1.82, 2.24) is 14.9 Å². The van der Waals surface area contributed by atoms with Crippen LogP contribution >= 0.6 is 0 Å². The summed E-state index contributed by atoms with van der Waals surface area (Å²) in [6, 6.07) is 14.8. The summed E-state index contributed by atoms with van der Waals surface area (Å²) < 4.78 is 5.29. The Bertz CT molecular complexity index is 973. The number of nitrogens with two attached hydrogens (primary N) is 1. The zero-order valence-corrected chi connectivity index (χ0v) is 15.4. The number of nitrogens with one attached hydrogen (secondary N) is 1. The van der Waals surface area contributed by atoms with Crippen LogP contribution in [0.15, 0.2) is 48.5 Å². The van der Waals surface area contributed by atoms with Gasteiger partial charge in [0.15, 0.2) is 6.61 Å². The van der Waals surface area contributed by atoms with Crippen molar-refractivity contribution in [1.29, 1.82) is 0 Å². The molecule has 0 aliphatic carbocycles. The van der Waals surface area contributed by atoms with E-state index in [1.807, 2.05) is 29.2 Å². The first-order valence-corrected chi connectivity index (χ1v) is 9.35. The van der Waals surface area contributed by atoms with E-state index in [2.05, 4.69) is 4.98 Å². The van der Waals surface area contributed by atoms with Crippen LogP contribution in [0.2, 0.25) is 0 Å². The maximum atomic E-state index is 12.8. The van der Waals surface area contributed by atoms with Crippen LogP contribution in [-0.2, 0) is 4.79 Å². The van der Waals surface area contributed by atoms with Crippen molar-refractivity contribution >= 4 is 22.8 Å². The summed E-state index contributed by atoms with van der Waals surface area (Å²) >= 11 is 0. The van der Waals surface area contributed by atoms with Crippen molar-refractivity contribution in [3.63, 3.8) is 0 Å². The fourth-order valence-electron chi connectivity index (χ4n) is 3.58.